The van der Waals surface area contributed by atoms with E-state index >= 15 is 4.39 Å². The molecule has 1 aliphatic heterocycles. The zero-order valence-electron chi connectivity index (χ0n) is 22.1. The van der Waals surface area contributed by atoms with E-state index in [-0.39, 0.29) is 11.6 Å². The van der Waals surface area contributed by atoms with Crippen LogP contribution in [0.4, 0.5) is 16.2 Å². The second-order valence-corrected chi connectivity index (χ2v) is 12.2. The number of carbonyl (C=O) groups is 1. The smallest absolute Gasteiger partial charge is 0.323 e. The summed E-state index contributed by atoms with van der Waals surface area (Å²) >= 11 is 5.64. The monoisotopic (exact) mass is 593 g/mol. The quantitative estimate of drug-likeness (QED) is 0.177. The first kappa shape index (κ1) is 29.6. The summed E-state index contributed by atoms with van der Waals surface area (Å²) in [5, 5.41) is 13.8. The Bertz CT molecular complexity index is 1470. The van der Waals surface area contributed by atoms with E-state index in [0.29, 0.717) is 17.1 Å². The van der Waals surface area contributed by atoms with Crippen LogP contribution in [0.5, 0.6) is 5.75 Å². The lowest BCUT2D eigenvalue weighted by Crippen LogP contribution is -2.42. The number of nitrogen functional groups attached to an aromatic ring is 1. The number of methoxy groups -OCH3 is 1. The van der Waals surface area contributed by atoms with Gasteiger partial charge in [-0.3, -0.25) is 9.36 Å². The zero-order valence-corrected chi connectivity index (χ0v) is 23.8. The number of benzene rings is 1. The number of nitrogens with two attached hydrogens (primary N) is 1. The minimum Gasteiger partial charge on any atom is -0.468 e. The summed E-state index contributed by atoms with van der Waals surface area (Å²) in [5.41, 5.74) is 3.64. The third-order valence-electron chi connectivity index (χ3n) is 6.05. The number of alkyl halides is 1. The number of aromatic nitrogens is 4. The molecule has 3 aromatic rings. The van der Waals surface area contributed by atoms with Gasteiger partial charge in [0.1, 0.15) is 24.0 Å². The molecule has 0 amide bonds. The largest absolute Gasteiger partial charge is 0.468 e. The van der Waals surface area contributed by atoms with Gasteiger partial charge in [0, 0.05) is 14.1 Å². The van der Waals surface area contributed by atoms with Crippen molar-refractivity contribution in [2.75, 3.05) is 38.4 Å². The maximum atomic E-state index is 16.2. The number of carbonyl (C=O) groups excluding carboxylic acids is 1. The first-order valence-corrected chi connectivity index (χ1v) is 14.6. The molecule has 2 aromatic heterocycles. The summed E-state index contributed by atoms with van der Waals surface area (Å²) in [6.07, 6.45) is 2.15. The van der Waals surface area contributed by atoms with Crippen molar-refractivity contribution in [2.24, 2.45) is 0 Å². The number of ether oxygens (including phenoxy) is 2. The first-order chi connectivity index (χ1) is 18.9. The number of para-hydroxylation sites is 1. The Morgan fingerprint density at radius 2 is 2.12 bits per heavy atom. The van der Waals surface area contributed by atoms with Gasteiger partial charge >= 0.3 is 12.6 Å². The Hall–Kier alpha value is -3.38. The van der Waals surface area contributed by atoms with Gasteiger partial charge in [0.05, 0.1) is 20.0 Å². The van der Waals surface area contributed by atoms with Crippen LogP contribution in [-0.4, -0.2) is 82.3 Å². The van der Waals surface area contributed by atoms with Crippen LogP contribution in [-0.2, 0) is 30.6 Å². The minimum atomic E-state index is -3.48. The van der Waals surface area contributed by atoms with E-state index in [9.17, 15) is 9.90 Å². The van der Waals surface area contributed by atoms with Crippen LogP contribution in [0.1, 0.15) is 13.2 Å². The van der Waals surface area contributed by atoms with E-state index in [1.165, 1.54) is 24.9 Å². The maximum Gasteiger partial charge on any atom is 0.323 e. The van der Waals surface area contributed by atoms with Gasteiger partial charge in [0.15, 0.2) is 23.2 Å². The number of imidazole rings is 1. The van der Waals surface area contributed by atoms with Gasteiger partial charge < -0.3 is 34.3 Å². The molecule has 16 heteroatoms. The van der Waals surface area contributed by atoms with Crippen molar-refractivity contribution in [2.45, 2.75) is 37.1 Å². The number of halogens is 1. The van der Waals surface area contributed by atoms with Crippen LogP contribution in [0, 0.1) is 12.3 Å². The highest BCUT2D eigenvalue weighted by atomic mass is 32.5. The lowest BCUT2D eigenvalue weighted by molar-refractivity contribution is -0.142. The number of aliphatic hydroxyl groups is 1. The van der Waals surface area contributed by atoms with Crippen molar-refractivity contribution < 1.29 is 32.8 Å². The fraction of sp³-hybridized carbons (Fsp3) is 0.417. The third-order valence-corrected chi connectivity index (χ3v) is 8.55. The second kappa shape index (κ2) is 11.6. The SMILES string of the molecule is C#C[C@@]1(F)[C@H](O)[C@@H](CO[P@@](=S)(N[C@@H](C)C(=O)OC)Oc2ccccc2)O[C@H]1n1cnc2c(N(C)C)nc(N)nc21. The normalized spacial score (nSPS) is 24.7. The van der Waals surface area contributed by atoms with Crippen molar-refractivity contribution in [3.05, 3.63) is 36.7 Å². The molecule has 0 unspecified atom stereocenters. The van der Waals surface area contributed by atoms with Gasteiger partial charge in [0.2, 0.25) is 11.6 Å². The lowest BCUT2D eigenvalue weighted by Gasteiger charge is -2.27. The fourth-order valence-electron chi connectivity index (χ4n) is 4.06. The Morgan fingerprint density at radius 3 is 2.75 bits per heavy atom. The van der Waals surface area contributed by atoms with Crippen molar-refractivity contribution in [3.63, 3.8) is 0 Å². The van der Waals surface area contributed by atoms with Gasteiger partial charge in [-0.15, -0.1) is 6.42 Å². The highest BCUT2D eigenvalue weighted by Gasteiger charge is 2.58. The molecule has 1 saturated heterocycles. The standard InChI is InChI=1S/C24H29FN7O6PS/c1-6-24(25)18(33)16(37-22(24)32-13-27-17-19(31(3)4)28-23(26)29-20(17)32)12-36-39(40,30-14(2)21(34)35-5)38-15-10-8-7-9-11-15/h1,7-11,13-14,16,18,22,33H,12H2,2-5H3,(H,30,40)(H2,26,28,29)/t14-,16+,18+,22+,24+,39-/m0/s1. The summed E-state index contributed by atoms with van der Waals surface area (Å²) in [7, 11) is 4.70. The Labute approximate surface area is 235 Å². The molecule has 3 heterocycles. The molecule has 4 N–H and O–H groups in total. The number of fused-ring (bicyclic) bond motifs is 1. The predicted molar refractivity (Wildman–Crippen MR) is 149 cm³/mol. The van der Waals surface area contributed by atoms with E-state index in [1.54, 1.807) is 49.3 Å². The molecule has 13 nitrogen and oxygen atoms in total. The van der Waals surface area contributed by atoms with Crippen LogP contribution < -0.4 is 20.2 Å². The van der Waals surface area contributed by atoms with E-state index in [0.717, 1.165) is 0 Å². The molecule has 1 aliphatic rings. The number of nitrogens with zero attached hydrogens (tertiary/aromatic N) is 5. The number of rotatable bonds is 10. The number of anilines is 2. The lowest BCUT2D eigenvalue weighted by atomic mass is 9.97. The van der Waals surface area contributed by atoms with Gasteiger partial charge in [-0.1, -0.05) is 24.1 Å². The first-order valence-electron chi connectivity index (χ1n) is 11.9. The molecule has 6 atom stereocenters. The highest BCUT2D eigenvalue weighted by molar-refractivity contribution is 8.09. The van der Waals surface area contributed by atoms with E-state index in [1.807, 2.05) is 5.92 Å². The third kappa shape index (κ3) is 5.73. The van der Waals surface area contributed by atoms with Crippen molar-refractivity contribution in [1.82, 2.24) is 24.6 Å². The average Bonchev–Trinajstić information content (AvgIpc) is 3.45. The molecule has 0 bridgehead atoms. The minimum absolute atomic E-state index is 0.0777. The molecule has 0 spiro atoms. The van der Waals surface area contributed by atoms with Crippen molar-refractivity contribution >= 4 is 47.3 Å². The van der Waals surface area contributed by atoms with Crippen molar-refractivity contribution in [1.29, 1.82) is 0 Å². The summed E-state index contributed by atoms with van der Waals surface area (Å²) in [4.78, 5) is 26.4. The summed E-state index contributed by atoms with van der Waals surface area (Å²) in [6, 6.07) is 7.63. The molecule has 0 aliphatic carbocycles. The van der Waals surface area contributed by atoms with Crippen LogP contribution in [0.3, 0.4) is 0 Å². The summed E-state index contributed by atoms with van der Waals surface area (Å²) < 4.78 is 39.9. The van der Waals surface area contributed by atoms with E-state index in [4.69, 9.17) is 42.5 Å². The molecule has 0 radical (unpaired) electrons. The molecular weight excluding hydrogens is 564 g/mol. The van der Waals surface area contributed by atoms with Crippen LogP contribution in [0.15, 0.2) is 36.7 Å². The van der Waals surface area contributed by atoms with Crippen LogP contribution in [0.25, 0.3) is 11.2 Å². The molecule has 1 aromatic carbocycles. The number of nitrogens with one attached hydrogen (secondary N) is 1. The van der Waals surface area contributed by atoms with E-state index < -0.39 is 49.4 Å². The van der Waals surface area contributed by atoms with Crippen LogP contribution in [0.2, 0.25) is 0 Å². The maximum absolute atomic E-state index is 16.2. The fourth-order valence-corrected chi connectivity index (χ4v) is 6.48. The van der Waals surface area contributed by atoms with Gasteiger partial charge in [0.25, 0.3) is 0 Å². The molecule has 1 fully saturated rings. The van der Waals surface area contributed by atoms with Gasteiger partial charge in [-0.05, 0) is 30.9 Å². The molecule has 0 saturated carbocycles. The van der Waals surface area contributed by atoms with Crippen LogP contribution >= 0.6 is 6.64 Å². The number of aliphatic hydroxyl groups excluding tert-OH is 1. The molecule has 40 heavy (non-hydrogen) atoms. The number of hydrogen-bond acceptors (Lipinski definition) is 12. The Morgan fingerprint density at radius 1 is 1.43 bits per heavy atom. The second-order valence-electron chi connectivity index (χ2n) is 9.08. The highest BCUT2D eigenvalue weighted by Crippen LogP contribution is 2.48. The average molecular weight is 594 g/mol. The topological polar surface area (TPSA) is 159 Å². The van der Waals surface area contributed by atoms with Crippen molar-refractivity contribution in [3.8, 4) is 18.1 Å². The number of esters is 1. The Balaban J connectivity index is 1.62. The van der Waals surface area contributed by atoms with E-state index in [2.05, 4.69) is 20.0 Å². The predicted octanol–water partition coefficient (Wildman–Crippen LogP) is 1.55. The van der Waals surface area contributed by atoms with Gasteiger partial charge in [-0.2, -0.15) is 9.97 Å². The summed E-state index contributed by atoms with van der Waals surface area (Å²) in [5.74, 6) is 2.09. The Kier molecular flexibility index (Phi) is 8.60. The van der Waals surface area contributed by atoms with Gasteiger partial charge in [-0.25, -0.2) is 14.5 Å². The number of hydrogen-bond donors (Lipinski definition) is 3. The zero-order chi connectivity index (χ0) is 29.2. The summed E-state index contributed by atoms with van der Waals surface area (Å²) in [6.45, 7) is -2.40. The molecular formula is C24H29FN7O6PS. The molecule has 214 valence electrons. The molecule has 4 rings (SSSR count). The number of terminal acetylenes is 1.